The number of carbonyl (C=O) groups is 2. The molecule has 0 aromatic heterocycles. The average Bonchev–Trinajstić information content (AvgIpc) is 2.66. The van der Waals surface area contributed by atoms with Crippen LogP contribution < -0.4 is 0 Å². The van der Waals surface area contributed by atoms with Gasteiger partial charge in [-0.2, -0.15) is 0 Å². The fourth-order valence-corrected chi connectivity index (χ4v) is 2.05. The molecule has 1 saturated carbocycles. The number of thioether (sulfide) groups is 1. The first-order chi connectivity index (χ1) is 6.82. The van der Waals surface area contributed by atoms with Gasteiger partial charge in [0.1, 0.15) is 0 Å². The molecule has 1 rings (SSSR count). The third-order valence-corrected chi connectivity index (χ3v) is 3.45. The van der Waals surface area contributed by atoms with Gasteiger partial charge in [0, 0.05) is 0 Å². The first kappa shape index (κ1) is 12.2. The van der Waals surface area contributed by atoms with E-state index in [-0.39, 0.29) is 5.92 Å². The predicted molar refractivity (Wildman–Crippen MR) is 56.1 cm³/mol. The van der Waals surface area contributed by atoms with Gasteiger partial charge in [-0.15, -0.1) is 0 Å². The Morgan fingerprint density at radius 1 is 1.47 bits per heavy atom. The van der Waals surface area contributed by atoms with Gasteiger partial charge in [-0.1, -0.05) is 25.6 Å². The summed E-state index contributed by atoms with van der Waals surface area (Å²) < 4.78 is 13.2. The molecule has 1 aliphatic carbocycles. The topological polar surface area (TPSA) is 54.4 Å². The van der Waals surface area contributed by atoms with Gasteiger partial charge in [0.05, 0.1) is 5.92 Å². The molecule has 0 aromatic carbocycles. The summed E-state index contributed by atoms with van der Waals surface area (Å²) in [6.45, 7) is 3.51. The minimum absolute atomic E-state index is 0.383. The summed E-state index contributed by atoms with van der Waals surface area (Å²) in [5.74, 6) is -2.75. The quantitative estimate of drug-likeness (QED) is 0.757. The molecule has 84 valence electrons. The van der Waals surface area contributed by atoms with Crippen LogP contribution in [0.2, 0.25) is 0 Å². The summed E-state index contributed by atoms with van der Waals surface area (Å²) in [6, 6.07) is 0. The van der Waals surface area contributed by atoms with Crippen LogP contribution in [0.1, 0.15) is 13.8 Å². The van der Waals surface area contributed by atoms with E-state index in [1.807, 2.05) is 0 Å². The fourth-order valence-electron chi connectivity index (χ4n) is 1.78. The zero-order valence-electron chi connectivity index (χ0n) is 8.78. The molecule has 1 aliphatic rings. The normalized spacial score (nSPS) is 28.7. The second-order valence-corrected chi connectivity index (χ2v) is 4.95. The number of carbonyl (C=O) groups excluding carboxylic acids is 1. The van der Waals surface area contributed by atoms with Crippen molar-refractivity contribution in [3.05, 3.63) is 11.9 Å². The van der Waals surface area contributed by atoms with Crippen molar-refractivity contribution in [1.29, 1.82) is 0 Å². The van der Waals surface area contributed by atoms with Gasteiger partial charge >= 0.3 is 5.97 Å². The SMILES string of the molecule is CSC(=O)/C(F)=C\C1C(C(=O)O)C1(C)C. The standard InChI is InChI=1S/C10H13FO3S/c1-10(2)5(7(10)8(12)13)4-6(11)9(14)15-3/h4-5,7H,1-3H3,(H,12,13)/b6-4+. The zero-order chi connectivity index (χ0) is 11.8. The first-order valence-corrected chi connectivity index (χ1v) is 5.73. The summed E-state index contributed by atoms with van der Waals surface area (Å²) in [7, 11) is 0. The van der Waals surface area contributed by atoms with Crippen LogP contribution in [0.15, 0.2) is 11.9 Å². The smallest absolute Gasteiger partial charge is 0.307 e. The van der Waals surface area contributed by atoms with E-state index < -0.39 is 28.2 Å². The highest BCUT2D eigenvalue weighted by Gasteiger charge is 2.61. The summed E-state index contributed by atoms with van der Waals surface area (Å²) in [4.78, 5) is 21.7. The van der Waals surface area contributed by atoms with Gasteiger partial charge in [0.25, 0.3) is 0 Å². The van der Waals surface area contributed by atoms with Crippen molar-refractivity contribution in [3.8, 4) is 0 Å². The Morgan fingerprint density at radius 2 is 2.00 bits per heavy atom. The summed E-state index contributed by atoms with van der Waals surface area (Å²) >= 11 is 0.783. The van der Waals surface area contributed by atoms with E-state index in [2.05, 4.69) is 0 Å². The van der Waals surface area contributed by atoms with Crippen molar-refractivity contribution >= 4 is 22.8 Å². The molecule has 0 heterocycles. The minimum atomic E-state index is -0.939. The number of allylic oxidation sites excluding steroid dienone is 1. The first-order valence-electron chi connectivity index (χ1n) is 4.50. The van der Waals surface area contributed by atoms with E-state index in [0.29, 0.717) is 0 Å². The number of rotatable bonds is 3. The summed E-state index contributed by atoms with van der Waals surface area (Å²) in [6.07, 6.45) is 2.63. The van der Waals surface area contributed by atoms with Crippen LogP contribution in [0.4, 0.5) is 4.39 Å². The lowest BCUT2D eigenvalue weighted by molar-refractivity contribution is -0.139. The second-order valence-electron chi connectivity index (χ2n) is 4.17. The molecule has 0 aromatic rings. The second kappa shape index (κ2) is 3.96. The van der Waals surface area contributed by atoms with E-state index in [1.54, 1.807) is 13.8 Å². The maximum atomic E-state index is 13.2. The van der Waals surface area contributed by atoms with Gasteiger partial charge in [0.2, 0.25) is 5.12 Å². The molecule has 0 spiro atoms. The minimum Gasteiger partial charge on any atom is -0.481 e. The molecule has 0 bridgehead atoms. The van der Waals surface area contributed by atoms with Crippen LogP contribution in [-0.4, -0.2) is 22.4 Å². The van der Waals surface area contributed by atoms with Crippen molar-refractivity contribution in [2.75, 3.05) is 6.26 Å². The molecule has 3 nitrogen and oxygen atoms in total. The Kier molecular flexibility index (Phi) is 3.23. The Hall–Kier alpha value is -0.840. The van der Waals surface area contributed by atoms with Gasteiger partial charge in [0.15, 0.2) is 5.83 Å². The molecule has 1 fully saturated rings. The van der Waals surface area contributed by atoms with Crippen LogP contribution in [0, 0.1) is 17.3 Å². The number of carboxylic acids is 1. The van der Waals surface area contributed by atoms with Crippen molar-refractivity contribution in [1.82, 2.24) is 0 Å². The van der Waals surface area contributed by atoms with Crippen molar-refractivity contribution in [3.63, 3.8) is 0 Å². The Bertz CT molecular complexity index is 336. The van der Waals surface area contributed by atoms with E-state index in [1.165, 1.54) is 6.26 Å². The molecule has 1 N–H and O–H groups in total. The highest BCUT2D eigenvalue weighted by atomic mass is 32.2. The molecule has 2 unspecified atom stereocenters. The number of hydrogen-bond acceptors (Lipinski definition) is 3. The highest BCUT2D eigenvalue weighted by molar-refractivity contribution is 8.13. The molecule has 0 saturated heterocycles. The third kappa shape index (κ3) is 2.22. The van der Waals surface area contributed by atoms with Gasteiger partial charge in [-0.3, -0.25) is 9.59 Å². The monoisotopic (exact) mass is 232 g/mol. The maximum Gasteiger partial charge on any atom is 0.307 e. The van der Waals surface area contributed by atoms with E-state index in [0.717, 1.165) is 17.8 Å². The number of carboxylic acid groups (broad SMARTS) is 1. The third-order valence-electron chi connectivity index (χ3n) is 2.88. The van der Waals surface area contributed by atoms with Crippen molar-refractivity contribution < 1.29 is 19.1 Å². The van der Waals surface area contributed by atoms with Crippen LogP contribution >= 0.6 is 11.8 Å². The van der Waals surface area contributed by atoms with Crippen LogP contribution in [0.25, 0.3) is 0 Å². The highest BCUT2D eigenvalue weighted by Crippen LogP contribution is 2.59. The largest absolute Gasteiger partial charge is 0.481 e. The van der Waals surface area contributed by atoms with Crippen LogP contribution in [0.5, 0.6) is 0 Å². The number of hydrogen-bond donors (Lipinski definition) is 1. The maximum absolute atomic E-state index is 13.2. The molecule has 5 heteroatoms. The van der Waals surface area contributed by atoms with E-state index >= 15 is 0 Å². The molecule has 2 atom stereocenters. The molecular formula is C10H13FO3S. The van der Waals surface area contributed by atoms with E-state index in [4.69, 9.17) is 5.11 Å². The zero-order valence-corrected chi connectivity index (χ0v) is 9.60. The lowest BCUT2D eigenvalue weighted by Gasteiger charge is -1.97. The lowest BCUT2D eigenvalue weighted by atomic mass is 10.1. The lowest BCUT2D eigenvalue weighted by Crippen LogP contribution is -2.03. The van der Waals surface area contributed by atoms with Gasteiger partial charge in [-0.25, -0.2) is 4.39 Å². The predicted octanol–water partition coefficient (Wildman–Crippen LogP) is 2.09. The van der Waals surface area contributed by atoms with E-state index in [9.17, 15) is 14.0 Å². The van der Waals surface area contributed by atoms with Crippen molar-refractivity contribution in [2.24, 2.45) is 17.3 Å². The number of aliphatic carboxylic acids is 1. The summed E-state index contributed by atoms with van der Waals surface area (Å²) in [5.41, 5.74) is -0.456. The van der Waals surface area contributed by atoms with Gasteiger partial charge < -0.3 is 5.11 Å². The molecular weight excluding hydrogens is 219 g/mol. The Morgan fingerprint density at radius 3 is 2.33 bits per heavy atom. The molecule has 0 aliphatic heterocycles. The molecule has 0 amide bonds. The molecule has 15 heavy (non-hydrogen) atoms. The van der Waals surface area contributed by atoms with Gasteiger partial charge in [-0.05, 0) is 23.7 Å². The van der Waals surface area contributed by atoms with Crippen LogP contribution in [0.3, 0.4) is 0 Å². The molecule has 0 radical (unpaired) electrons. The Balaban J connectivity index is 2.78. The number of halogens is 1. The Labute approximate surface area is 91.7 Å². The van der Waals surface area contributed by atoms with Crippen molar-refractivity contribution in [2.45, 2.75) is 13.8 Å². The summed E-state index contributed by atoms with van der Waals surface area (Å²) in [5, 5.41) is 8.18. The average molecular weight is 232 g/mol. The van der Waals surface area contributed by atoms with Crippen LogP contribution in [-0.2, 0) is 9.59 Å². The fraction of sp³-hybridized carbons (Fsp3) is 0.600.